The van der Waals surface area contributed by atoms with Crippen LogP contribution in [0.1, 0.15) is 28.8 Å². The average molecular weight is 510 g/mol. The lowest BCUT2D eigenvalue weighted by atomic mass is 10.1. The first-order valence-electron chi connectivity index (χ1n) is 11.5. The number of carbonyl (C=O) groups is 2. The minimum atomic E-state index is -3.57. The summed E-state index contributed by atoms with van der Waals surface area (Å²) >= 11 is 0. The molecule has 186 valence electrons. The summed E-state index contributed by atoms with van der Waals surface area (Å²) in [6.07, 6.45) is 1.68. The maximum absolute atomic E-state index is 14.2. The van der Waals surface area contributed by atoms with Gasteiger partial charge in [0, 0.05) is 29.9 Å². The van der Waals surface area contributed by atoms with E-state index in [-0.39, 0.29) is 29.5 Å². The largest absolute Gasteiger partial charge is 0.482 e. The van der Waals surface area contributed by atoms with Gasteiger partial charge in [-0.25, -0.2) is 12.8 Å². The fraction of sp³-hybridized carbons (Fsp3) is 0.231. The Hall–Kier alpha value is -3.76. The Kier molecular flexibility index (Phi) is 6.46. The SMILES string of the molecule is O=C(Nc1ccc2c(c1)N(Cc1ccccc1F)C(=O)CO2)c1ccc(S(=O)(=O)N2CCCC2)cc1. The molecule has 2 amide bonds. The molecule has 0 spiro atoms. The molecule has 3 aromatic rings. The van der Waals surface area contributed by atoms with Crippen LogP contribution in [0, 0.1) is 5.82 Å². The summed E-state index contributed by atoms with van der Waals surface area (Å²) < 4.78 is 46.6. The minimum absolute atomic E-state index is 0.0201. The normalized spacial score (nSPS) is 15.9. The van der Waals surface area contributed by atoms with Gasteiger partial charge in [0.25, 0.3) is 11.8 Å². The zero-order valence-corrected chi connectivity index (χ0v) is 20.1. The number of fused-ring (bicyclic) bond motifs is 1. The van der Waals surface area contributed by atoms with Crippen molar-refractivity contribution in [2.75, 3.05) is 29.9 Å². The molecule has 36 heavy (non-hydrogen) atoms. The van der Waals surface area contributed by atoms with Crippen molar-refractivity contribution < 1.29 is 27.1 Å². The third kappa shape index (κ3) is 4.69. The standard InChI is InChI=1S/C26H24FN3O5S/c27-22-6-2-1-5-19(22)16-30-23-15-20(9-12-24(23)35-17-25(30)31)28-26(32)18-7-10-21(11-8-18)36(33,34)29-13-3-4-14-29/h1-2,5-12,15H,3-4,13-14,16-17H2,(H,28,32). The summed E-state index contributed by atoms with van der Waals surface area (Å²) in [6.45, 7) is 0.859. The number of hydrogen-bond donors (Lipinski definition) is 1. The number of nitrogens with one attached hydrogen (secondary N) is 1. The third-order valence-corrected chi connectivity index (χ3v) is 8.18. The number of ether oxygens (including phenoxy) is 1. The lowest BCUT2D eigenvalue weighted by Crippen LogP contribution is -2.38. The van der Waals surface area contributed by atoms with Crippen molar-refractivity contribution in [1.82, 2.24) is 4.31 Å². The van der Waals surface area contributed by atoms with Gasteiger partial charge in [-0.15, -0.1) is 0 Å². The molecular weight excluding hydrogens is 485 g/mol. The number of amides is 2. The van der Waals surface area contributed by atoms with Gasteiger partial charge >= 0.3 is 0 Å². The van der Waals surface area contributed by atoms with Gasteiger partial charge in [0.1, 0.15) is 11.6 Å². The fourth-order valence-electron chi connectivity index (χ4n) is 4.31. The van der Waals surface area contributed by atoms with Crippen LogP contribution >= 0.6 is 0 Å². The van der Waals surface area contributed by atoms with E-state index in [1.807, 2.05) is 0 Å². The van der Waals surface area contributed by atoms with E-state index >= 15 is 0 Å². The van der Waals surface area contributed by atoms with Crippen LogP contribution in [0.25, 0.3) is 0 Å². The van der Waals surface area contributed by atoms with Crippen molar-refractivity contribution in [1.29, 1.82) is 0 Å². The van der Waals surface area contributed by atoms with Crippen LogP contribution in [0.15, 0.2) is 71.6 Å². The van der Waals surface area contributed by atoms with Crippen molar-refractivity contribution in [3.63, 3.8) is 0 Å². The number of halogens is 1. The van der Waals surface area contributed by atoms with Gasteiger partial charge in [-0.1, -0.05) is 18.2 Å². The number of rotatable bonds is 6. The maximum atomic E-state index is 14.2. The van der Waals surface area contributed by atoms with Crippen molar-refractivity contribution in [3.05, 3.63) is 83.7 Å². The number of carbonyl (C=O) groups excluding carboxylic acids is 2. The number of sulfonamides is 1. The Balaban J connectivity index is 1.34. The first-order chi connectivity index (χ1) is 17.3. The van der Waals surface area contributed by atoms with Crippen molar-refractivity contribution in [2.24, 2.45) is 0 Å². The van der Waals surface area contributed by atoms with Crippen LogP contribution in [0.4, 0.5) is 15.8 Å². The van der Waals surface area contributed by atoms with Gasteiger partial charge in [-0.2, -0.15) is 4.31 Å². The molecule has 8 nitrogen and oxygen atoms in total. The maximum Gasteiger partial charge on any atom is 0.265 e. The highest BCUT2D eigenvalue weighted by Crippen LogP contribution is 2.36. The number of nitrogens with zero attached hydrogens (tertiary/aromatic N) is 2. The van der Waals surface area contributed by atoms with Gasteiger partial charge in [0.05, 0.1) is 17.1 Å². The predicted molar refractivity (Wildman–Crippen MR) is 132 cm³/mol. The Morgan fingerprint density at radius 3 is 2.44 bits per heavy atom. The smallest absolute Gasteiger partial charge is 0.265 e. The molecule has 2 aliphatic heterocycles. The average Bonchev–Trinajstić information content (AvgIpc) is 3.43. The molecule has 2 heterocycles. The number of hydrogen-bond acceptors (Lipinski definition) is 5. The van der Waals surface area contributed by atoms with Crippen molar-refractivity contribution in [3.8, 4) is 5.75 Å². The summed E-state index contributed by atoms with van der Waals surface area (Å²) in [5.41, 5.74) is 1.46. The second-order valence-electron chi connectivity index (χ2n) is 8.63. The summed E-state index contributed by atoms with van der Waals surface area (Å²) in [4.78, 5) is 27.0. The quantitative estimate of drug-likeness (QED) is 0.546. The second kappa shape index (κ2) is 9.71. The highest BCUT2D eigenvalue weighted by Gasteiger charge is 2.28. The lowest BCUT2D eigenvalue weighted by Gasteiger charge is -2.30. The number of benzene rings is 3. The van der Waals surface area contributed by atoms with E-state index < -0.39 is 21.7 Å². The van der Waals surface area contributed by atoms with Gasteiger partial charge in [-0.05, 0) is 61.4 Å². The van der Waals surface area contributed by atoms with E-state index in [9.17, 15) is 22.4 Å². The molecular formula is C26H24FN3O5S. The van der Waals surface area contributed by atoms with E-state index in [4.69, 9.17) is 4.74 Å². The molecule has 0 atom stereocenters. The molecule has 0 radical (unpaired) electrons. The van der Waals surface area contributed by atoms with Crippen LogP contribution < -0.4 is 15.0 Å². The highest BCUT2D eigenvalue weighted by atomic mass is 32.2. The third-order valence-electron chi connectivity index (χ3n) is 6.27. The molecule has 0 unspecified atom stereocenters. The van der Waals surface area contributed by atoms with Gasteiger partial charge in [0.2, 0.25) is 10.0 Å². The van der Waals surface area contributed by atoms with Crippen molar-refractivity contribution >= 4 is 33.2 Å². The van der Waals surface area contributed by atoms with Gasteiger partial charge < -0.3 is 15.0 Å². The Labute approximate surface area is 208 Å². The monoisotopic (exact) mass is 509 g/mol. The highest BCUT2D eigenvalue weighted by molar-refractivity contribution is 7.89. The van der Waals surface area contributed by atoms with E-state index in [0.29, 0.717) is 35.8 Å². The molecule has 2 aliphatic rings. The summed E-state index contributed by atoms with van der Waals surface area (Å²) in [5.74, 6) is -0.744. The Morgan fingerprint density at radius 2 is 1.72 bits per heavy atom. The molecule has 1 saturated heterocycles. The first kappa shape index (κ1) is 24.0. The minimum Gasteiger partial charge on any atom is -0.482 e. The molecule has 0 aliphatic carbocycles. The Morgan fingerprint density at radius 1 is 1.00 bits per heavy atom. The number of anilines is 2. The molecule has 10 heteroatoms. The summed E-state index contributed by atoms with van der Waals surface area (Å²) in [5, 5.41) is 2.77. The van der Waals surface area contributed by atoms with Crippen LogP contribution in [0.3, 0.4) is 0 Å². The Bertz CT molecular complexity index is 1420. The fourth-order valence-corrected chi connectivity index (χ4v) is 5.83. The lowest BCUT2D eigenvalue weighted by molar-refractivity contribution is -0.121. The van der Waals surface area contributed by atoms with Crippen LogP contribution in [0.5, 0.6) is 5.75 Å². The van der Waals surface area contributed by atoms with E-state index in [1.165, 1.54) is 39.5 Å². The van der Waals surface area contributed by atoms with Crippen molar-refractivity contribution in [2.45, 2.75) is 24.3 Å². The van der Waals surface area contributed by atoms with E-state index in [1.54, 1.807) is 36.4 Å². The zero-order valence-electron chi connectivity index (χ0n) is 19.3. The molecule has 5 rings (SSSR count). The summed E-state index contributed by atoms with van der Waals surface area (Å²) in [6, 6.07) is 16.9. The first-order valence-corrected chi connectivity index (χ1v) is 13.0. The molecule has 0 bridgehead atoms. The topological polar surface area (TPSA) is 96.0 Å². The molecule has 0 aromatic heterocycles. The van der Waals surface area contributed by atoms with Crippen LogP contribution in [-0.2, 0) is 21.4 Å². The zero-order chi connectivity index (χ0) is 25.3. The van der Waals surface area contributed by atoms with Gasteiger partial charge in [0.15, 0.2) is 6.61 Å². The molecule has 0 saturated carbocycles. The van der Waals surface area contributed by atoms with Crippen LogP contribution in [0.2, 0.25) is 0 Å². The van der Waals surface area contributed by atoms with E-state index in [0.717, 1.165) is 12.8 Å². The molecule has 1 fully saturated rings. The van der Waals surface area contributed by atoms with Crippen LogP contribution in [-0.4, -0.2) is 44.2 Å². The second-order valence-corrected chi connectivity index (χ2v) is 10.6. The van der Waals surface area contributed by atoms with Gasteiger partial charge in [-0.3, -0.25) is 9.59 Å². The van der Waals surface area contributed by atoms with E-state index in [2.05, 4.69) is 5.32 Å². The molecule has 3 aromatic carbocycles. The predicted octanol–water partition coefficient (Wildman–Crippen LogP) is 3.79. The molecule has 1 N–H and O–H groups in total. The summed E-state index contributed by atoms with van der Waals surface area (Å²) in [7, 11) is -3.57.